The lowest BCUT2D eigenvalue weighted by molar-refractivity contribution is -0.384. The normalized spacial score (nSPS) is 16.3. The highest BCUT2D eigenvalue weighted by molar-refractivity contribution is 6.01. The van der Waals surface area contributed by atoms with Gasteiger partial charge < -0.3 is 9.57 Å². The smallest absolute Gasteiger partial charge is 0.341 e. The van der Waals surface area contributed by atoms with E-state index >= 15 is 0 Å². The summed E-state index contributed by atoms with van der Waals surface area (Å²) in [7, 11) is 0. The molecule has 0 saturated heterocycles. The van der Waals surface area contributed by atoms with Gasteiger partial charge in [-0.1, -0.05) is 35.5 Å². The summed E-state index contributed by atoms with van der Waals surface area (Å²) < 4.78 is 5.20. The monoisotopic (exact) mass is 312 g/mol. The average molecular weight is 312 g/mol. The van der Waals surface area contributed by atoms with Gasteiger partial charge in [-0.15, -0.1) is 0 Å². The molecule has 0 bridgehead atoms. The predicted molar refractivity (Wildman–Crippen MR) is 81.0 cm³/mol. The van der Waals surface area contributed by atoms with Crippen molar-refractivity contribution in [2.24, 2.45) is 5.16 Å². The van der Waals surface area contributed by atoms with E-state index in [1.54, 1.807) is 0 Å². The van der Waals surface area contributed by atoms with Gasteiger partial charge in [0.2, 0.25) is 0 Å². The average Bonchev–Trinajstić information content (AvgIpc) is 3.04. The molecule has 0 N–H and O–H groups in total. The Kier molecular flexibility index (Phi) is 4.01. The molecular formula is C16H12N2O5. The first kappa shape index (κ1) is 14.7. The number of non-ortho nitro benzene ring substituents is 1. The van der Waals surface area contributed by atoms with Gasteiger partial charge in [0.1, 0.15) is 0 Å². The highest BCUT2D eigenvalue weighted by atomic mass is 16.8. The van der Waals surface area contributed by atoms with Gasteiger partial charge in [-0.3, -0.25) is 10.1 Å². The molecule has 0 aromatic heterocycles. The number of nitrogens with zero attached hydrogens (tertiary/aromatic N) is 2. The highest BCUT2D eigenvalue weighted by Crippen LogP contribution is 2.19. The van der Waals surface area contributed by atoms with E-state index in [1.807, 2.05) is 30.3 Å². The molecule has 7 heteroatoms. The minimum Gasteiger partial charge on any atom is -0.419 e. The van der Waals surface area contributed by atoms with Crippen LogP contribution >= 0.6 is 0 Å². The summed E-state index contributed by atoms with van der Waals surface area (Å²) in [6.07, 6.45) is -0.448. The summed E-state index contributed by atoms with van der Waals surface area (Å²) in [6, 6.07) is 14.6. The van der Waals surface area contributed by atoms with Gasteiger partial charge in [0.25, 0.3) is 12.0 Å². The standard InChI is InChI=1S/C16H12N2O5/c19-16(12-6-8-13(9-7-12)18(20)21)22-15-10-14(17-23-15)11-4-2-1-3-5-11/h1-9,15H,10H2. The zero-order valence-corrected chi connectivity index (χ0v) is 11.9. The molecule has 0 fully saturated rings. The maximum absolute atomic E-state index is 12.0. The highest BCUT2D eigenvalue weighted by Gasteiger charge is 2.26. The van der Waals surface area contributed by atoms with Crippen LogP contribution in [0.4, 0.5) is 5.69 Å². The third-order valence-electron chi connectivity index (χ3n) is 3.30. The van der Waals surface area contributed by atoms with Crippen LogP contribution in [0.3, 0.4) is 0 Å². The van der Waals surface area contributed by atoms with E-state index in [1.165, 1.54) is 24.3 Å². The van der Waals surface area contributed by atoms with E-state index in [9.17, 15) is 14.9 Å². The quantitative estimate of drug-likeness (QED) is 0.492. The number of ether oxygens (including phenoxy) is 1. The molecule has 1 aliphatic rings. The molecule has 0 spiro atoms. The minimum atomic E-state index is -0.798. The van der Waals surface area contributed by atoms with Gasteiger partial charge in [-0.05, 0) is 17.7 Å². The van der Waals surface area contributed by atoms with Crippen molar-refractivity contribution in [3.8, 4) is 0 Å². The van der Waals surface area contributed by atoms with E-state index in [-0.39, 0.29) is 11.3 Å². The first-order valence-electron chi connectivity index (χ1n) is 6.87. The molecule has 0 amide bonds. The lowest BCUT2D eigenvalue weighted by atomic mass is 10.1. The third kappa shape index (κ3) is 3.34. The third-order valence-corrected chi connectivity index (χ3v) is 3.30. The molecule has 2 aromatic carbocycles. The van der Waals surface area contributed by atoms with Crippen LogP contribution < -0.4 is 0 Å². The van der Waals surface area contributed by atoms with Crippen LogP contribution in [0.15, 0.2) is 59.8 Å². The zero-order chi connectivity index (χ0) is 16.2. The Labute approximate surface area is 131 Å². The number of hydrogen-bond donors (Lipinski definition) is 0. The number of hydrogen-bond acceptors (Lipinski definition) is 6. The summed E-state index contributed by atoms with van der Waals surface area (Å²) in [4.78, 5) is 27.2. The van der Waals surface area contributed by atoms with Crippen LogP contribution in [-0.4, -0.2) is 22.9 Å². The number of carbonyl (C=O) groups excluding carboxylic acids is 1. The van der Waals surface area contributed by atoms with Gasteiger partial charge in [-0.2, -0.15) is 0 Å². The van der Waals surface area contributed by atoms with Crippen LogP contribution in [0.2, 0.25) is 0 Å². The number of oxime groups is 1. The van der Waals surface area contributed by atoms with E-state index in [0.717, 1.165) is 5.56 Å². The number of rotatable bonds is 4. The summed E-state index contributed by atoms with van der Waals surface area (Å²) in [5.41, 5.74) is 1.73. The number of benzene rings is 2. The molecule has 0 saturated carbocycles. The minimum absolute atomic E-state index is 0.0895. The van der Waals surface area contributed by atoms with Crippen LogP contribution in [0.5, 0.6) is 0 Å². The van der Waals surface area contributed by atoms with Crippen molar-refractivity contribution in [3.63, 3.8) is 0 Å². The fourth-order valence-electron chi connectivity index (χ4n) is 2.13. The van der Waals surface area contributed by atoms with Crippen LogP contribution in [0.25, 0.3) is 0 Å². The number of esters is 1. The second-order valence-electron chi connectivity index (χ2n) is 4.85. The van der Waals surface area contributed by atoms with Crippen molar-refractivity contribution in [3.05, 3.63) is 75.8 Å². The van der Waals surface area contributed by atoms with Crippen molar-refractivity contribution in [2.75, 3.05) is 0 Å². The Hall–Kier alpha value is -3.22. The van der Waals surface area contributed by atoms with Crippen molar-refractivity contribution in [1.82, 2.24) is 0 Å². The number of nitro benzene ring substituents is 1. The first-order chi connectivity index (χ1) is 11.1. The topological polar surface area (TPSA) is 91.0 Å². The number of nitro groups is 1. The molecule has 0 aliphatic carbocycles. The van der Waals surface area contributed by atoms with Crippen LogP contribution in [0, 0.1) is 10.1 Å². The lowest BCUT2D eigenvalue weighted by Gasteiger charge is -2.09. The summed E-state index contributed by atoms with van der Waals surface area (Å²) in [5.74, 6) is -0.616. The molecular weight excluding hydrogens is 300 g/mol. The molecule has 3 rings (SSSR count). The summed E-state index contributed by atoms with van der Waals surface area (Å²) >= 11 is 0. The van der Waals surface area contributed by atoms with Gasteiger partial charge in [0, 0.05) is 12.1 Å². The summed E-state index contributed by atoms with van der Waals surface area (Å²) in [6.45, 7) is 0. The maximum atomic E-state index is 12.0. The Morgan fingerprint density at radius 3 is 2.52 bits per heavy atom. The Morgan fingerprint density at radius 1 is 1.17 bits per heavy atom. The van der Waals surface area contributed by atoms with Crippen molar-refractivity contribution in [2.45, 2.75) is 12.7 Å². The van der Waals surface area contributed by atoms with Crippen molar-refractivity contribution >= 4 is 17.4 Å². The van der Waals surface area contributed by atoms with E-state index in [0.29, 0.717) is 12.1 Å². The Bertz CT molecular complexity index is 756. The molecule has 0 radical (unpaired) electrons. The maximum Gasteiger partial charge on any atom is 0.341 e. The van der Waals surface area contributed by atoms with E-state index < -0.39 is 17.2 Å². The SMILES string of the molecule is O=C(OC1CC(c2ccccc2)=NO1)c1ccc([N+](=O)[O-])cc1. The fourth-order valence-corrected chi connectivity index (χ4v) is 2.13. The molecule has 1 unspecified atom stereocenters. The molecule has 2 aromatic rings. The zero-order valence-electron chi connectivity index (χ0n) is 11.9. The molecule has 7 nitrogen and oxygen atoms in total. The van der Waals surface area contributed by atoms with Gasteiger partial charge in [0.05, 0.1) is 22.6 Å². The van der Waals surface area contributed by atoms with Gasteiger partial charge >= 0.3 is 5.97 Å². The lowest BCUT2D eigenvalue weighted by Crippen LogP contribution is -2.18. The predicted octanol–water partition coefficient (Wildman–Crippen LogP) is 2.90. The largest absolute Gasteiger partial charge is 0.419 e. The molecule has 1 heterocycles. The molecule has 1 aliphatic heterocycles. The second kappa shape index (κ2) is 6.27. The summed E-state index contributed by atoms with van der Waals surface area (Å²) in [5, 5.41) is 14.5. The number of carbonyl (C=O) groups is 1. The van der Waals surface area contributed by atoms with Crippen LogP contribution in [-0.2, 0) is 9.57 Å². The Morgan fingerprint density at radius 2 is 1.87 bits per heavy atom. The molecule has 23 heavy (non-hydrogen) atoms. The molecule has 116 valence electrons. The van der Waals surface area contributed by atoms with Gasteiger partial charge in [-0.25, -0.2) is 4.79 Å². The van der Waals surface area contributed by atoms with Crippen LogP contribution in [0.1, 0.15) is 22.3 Å². The van der Waals surface area contributed by atoms with E-state index in [2.05, 4.69) is 5.16 Å². The van der Waals surface area contributed by atoms with E-state index in [4.69, 9.17) is 9.57 Å². The van der Waals surface area contributed by atoms with Gasteiger partial charge in [0.15, 0.2) is 0 Å². The van der Waals surface area contributed by atoms with Crippen molar-refractivity contribution < 1.29 is 19.3 Å². The second-order valence-corrected chi connectivity index (χ2v) is 4.85. The van der Waals surface area contributed by atoms with Crippen molar-refractivity contribution in [1.29, 1.82) is 0 Å². The molecule has 1 atom stereocenters. The Balaban J connectivity index is 1.60. The first-order valence-corrected chi connectivity index (χ1v) is 6.87. The fraction of sp³-hybridized carbons (Fsp3) is 0.125.